The third-order valence-corrected chi connectivity index (χ3v) is 6.40. The van der Waals surface area contributed by atoms with Crippen LogP contribution in [0.1, 0.15) is 72.1 Å². The number of hydrogen-bond donors (Lipinski definition) is 1. The average molecular weight is 308 g/mol. The first-order chi connectivity index (χ1) is 10.2. The Balaban J connectivity index is 1.82. The molecule has 4 saturated carbocycles. The van der Waals surface area contributed by atoms with Crippen LogP contribution in [0, 0.1) is 22.7 Å². The molecule has 4 aliphatic rings. The Bertz CT molecular complexity index is 479. The van der Waals surface area contributed by atoms with E-state index < -0.39 is 11.4 Å². The van der Waals surface area contributed by atoms with Crippen LogP contribution in [0.3, 0.4) is 0 Å². The maximum Gasteiger partial charge on any atom is 0.312 e. The zero-order chi connectivity index (χ0) is 16.2. The van der Waals surface area contributed by atoms with Crippen LogP contribution in [0.15, 0.2) is 0 Å². The zero-order valence-corrected chi connectivity index (χ0v) is 14.0. The summed E-state index contributed by atoms with van der Waals surface area (Å²) in [7, 11) is 0. The molecule has 4 nitrogen and oxygen atoms in total. The largest absolute Gasteiger partial charge is 0.481 e. The van der Waals surface area contributed by atoms with Crippen LogP contribution in [-0.4, -0.2) is 22.6 Å². The lowest BCUT2D eigenvalue weighted by atomic mass is 9.47. The van der Waals surface area contributed by atoms with Gasteiger partial charge >= 0.3 is 11.9 Å². The predicted molar refractivity (Wildman–Crippen MR) is 82.3 cm³/mol. The summed E-state index contributed by atoms with van der Waals surface area (Å²) in [4.78, 5) is 23.9. The number of aliphatic carboxylic acids is 1. The number of esters is 1. The highest BCUT2D eigenvalue weighted by atomic mass is 16.6. The van der Waals surface area contributed by atoms with Crippen LogP contribution < -0.4 is 0 Å². The molecule has 0 spiro atoms. The maximum absolute atomic E-state index is 12.6. The Kier molecular flexibility index (Phi) is 3.57. The molecule has 4 rings (SSSR count). The van der Waals surface area contributed by atoms with Gasteiger partial charge in [-0.1, -0.05) is 6.92 Å². The first-order valence-corrected chi connectivity index (χ1v) is 8.63. The molecule has 0 heterocycles. The van der Waals surface area contributed by atoms with Gasteiger partial charge in [0.2, 0.25) is 0 Å². The number of carbonyl (C=O) groups excluding carboxylic acids is 1. The van der Waals surface area contributed by atoms with Gasteiger partial charge in [-0.05, 0) is 76.0 Å². The summed E-state index contributed by atoms with van der Waals surface area (Å²) in [5.74, 6) is 0.260. The molecule has 0 aromatic rings. The first-order valence-electron chi connectivity index (χ1n) is 8.63. The smallest absolute Gasteiger partial charge is 0.312 e. The molecule has 22 heavy (non-hydrogen) atoms. The molecule has 1 N–H and O–H groups in total. The van der Waals surface area contributed by atoms with E-state index >= 15 is 0 Å². The maximum atomic E-state index is 12.6. The van der Waals surface area contributed by atoms with Crippen molar-refractivity contribution in [2.45, 2.75) is 77.7 Å². The number of rotatable bonds is 5. The minimum Gasteiger partial charge on any atom is -0.481 e. The lowest BCUT2D eigenvalue weighted by Gasteiger charge is -2.61. The fraction of sp³-hybridized carbons (Fsp3) is 0.889. The van der Waals surface area contributed by atoms with Crippen LogP contribution in [0.4, 0.5) is 0 Å². The molecule has 0 amide bonds. The van der Waals surface area contributed by atoms with Crippen LogP contribution in [-0.2, 0) is 14.3 Å². The van der Waals surface area contributed by atoms with E-state index in [2.05, 4.69) is 0 Å². The van der Waals surface area contributed by atoms with Gasteiger partial charge in [-0.25, -0.2) is 0 Å². The second kappa shape index (κ2) is 4.97. The highest BCUT2D eigenvalue weighted by Gasteiger charge is 2.60. The Hall–Kier alpha value is -1.06. The normalized spacial score (nSPS) is 39.8. The Labute approximate surface area is 132 Å². The van der Waals surface area contributed by atoms with Crippen molar-refractivity contribution < 1.29 is 19.4 Å². The zero-order valence-electron chi connectivity index (χ0n) is 14.0. The Morgan fingerprint density at radius 2 is 1.77 bits per heavy atom. The lowest BCUT2D eigenvalue weighted by molar-refractivity contribution is -0.211. The second-order valence-electron chi connectivity index (χ2n) is 8.84. The van der Waals surface area contributed by atoms with Gasteiger partial charge in [0.25, 0.3) is 0 Å². The fourth-order valence-electron chi connectivity index (χ4n) is 5.49. The van der Waals surface area contributed by atoms with E-state index in [0.29, 0.717) is 11.8 Å². The number of ether oxygens (including phenoxy) is 1. The molecule has 4 heteroatoms. The molecule has 124 valence electrons. The predicted octanol–water partition coefficient (Wildman–Crippen LogP) is 3.78. The summed E-state index contributed by atoms with van der Waals surface area (Å²) in [6, 6.07) is 0. The van der Waals surface area contributed by atoms with Gasteiger partial charge in [0, 0.05) is 0 Å². The number of carboxylic acids is 1. The molecule has 4 bridgehead atoms. The first kappa shape index (κ1) is 15.8. The van der Waals surface area contributed by atoms with E-state index in [4.69, 9.17) is 4.74 Å². The minimum atomic E-state index is -0.711. The quantitative estimate of drug-likeness (QED) is 0.785. The summed E-state index contributed by atoms with van der Waals surface area (Å²) in [6.45, 7) is 5.87. The van der Waals surface area contributed by atoms with Crippen molar-refractivity contribution in [1.82, 2.24) is 0 Å². The highest BCUT2D eigenvalue weighted by Crippen LogP contribution is 2.64. The van der Waals surface area contributed by atoms with E-state index in [1.54, 1.807) is 0 Å². The van der Waals surface area contributed by atoms with Gasteiger partial charge in [-0.15, -0.1) is 0 Å². The van der Waals surface area contributed by atoms with E-state index in [-0.39, 0.29) is 23.4 Å². The Morgan fingerprint density at radius 3 is 2.27 bits per heavy atom. The van der Waals surface area contributed by atoms with Crippen molar-refractivity contribution in [1.29, 1.82) is 0 Å². The monoisotopic (exact) mass is 308 g/mol. The summed E-state index contributed by atoms with van der Waals surface area (Å²) < 4.78 is 6.08. The molecular weight excluding hydrogens is 280 g/mol. The van der Waals surface area contributed by atoms with E-state index in [1.165, 1.54) is 6.42 Å². The van der Waals surface area contributed by atoms with Gasteiger partial charge < -0.3 is 9.84 Å². The number of hydrogen-bond acceptors (Lipinski definition) is 3. The standard InChI is InChI=1S/C18H28O4/c1-4-16(2,3)15(21)22-18-8-12-5-13(9-18)7-17(6-12,11-18)10-14(19)20/h12-13H,4-11H2,1-3H3,(H,19,20). The van der Waals surface area contributed by atoms with Crippen molar-refractivity contribution in [3.63, 3.8) is 0 Å². The molecule has 4 aliphatic carbocycles. The molecule has 2 atom stereocenters. The number of carboxylic acid groups (broad SMARTS) is 1. The third kappa shape index (κ3) is 2.65. The summed E-state index contributed by atoms with van der Waals surface area (Å²) in [6.07, 6.45) is 6.83. The van der Waals surface area contributed by atoms with Gasteiger partial charge in [-0.2, -0.15) is 0 Å². The molecule has 0 aromatic carbocycles. The van der Waals surface area contributed by atoms with Gasteiger partial charge in [0.15, 0.2) is 0 Å². The summed E-state index contributed by atoms with van der Waals surface area (Å²) >= 11 is 0. The third-order valence-electron chi connectivity index (χ3n) is 6.40. The summed E-state index contributed by atoms with van der Waals surface area (Å²) in [5, 5.41) is 9.30. The van der Waals surface area contributed by atoms with Crippen LogP contribution >= 0.6 is 0 Å². The van der Waals surface area contributed by atoms with Crippen molar-refractivity contribution in [3.05, 3.63) is 0 Å². The Morgan fingerprint density at radius 1 is 1.18 bits per heavy atom. The van der Waals surface area contributed by atoms with Crippen molar-refractivity contribution in [3.8, 4) is 0 Å². The molecular formula is C18H28O4. The van der Waals surface area contributed by atoms with Crippen molar-refractivity contribution in [2.24, 2.45) is 22.7 Å². The van der Waals surface area contributed by atoms with Crippen molar-refractivity contribution in [2.75, 3.05) is 0 Å². The van der Waals surface area contributed by atoms with E-state index in [9.17, 15) is 14.7 Å². The number of carbonyl (C=O) groups is 2. The minimum absolute atomic E-state index is 0.109. The topological polar surface area (TPSA) is 63.6 Å². The summed E-state index contributed by atoms with van der Waals surface area (Å²) in [5.41, 5.74) is -0.973. The van der Waals surface area contributed by atoms with E-state index in [0.717, 1.165) is 38.5 Å². The highest BCUT2D eigenvalue weighted by molar-refractivity contribution is 5.76. The molecule has 0 aromatic heterocycles. The van der Waals surface area contributed by atoms with Gasteiger partial charge in [0.1, 0.15) is 5.60 Å². The fourth-order valence-corrected chi connectivity index (χ4v) is 5.49. The van der Waals surface area contributed by atoms with Gasteiger partial charge in [-0.3, -0.25) is 9.59 Å². The lowest BCUT2D eigenvalue weighted by Crippen LogP contribution is -2.58. The molecule has 0 saturated heterocycles. The molecule has 0 aliphatic heterocycles. The van der Waals surface area contributed by atoms with Crippen LogP contribution in [0.25, 0.3) is 0 Å². The second-order valence-corrected chi connectivity index (χ2v) is 8.84. The molecule has 4 fully saturated rings. The average Bonchev–Trinajstić information content (AvgIpc) is 2.34. The van der Waals surface area contributed by atoms with E-state index in [1.807, 2.05) is 20.8 Å². The SMILES string of the molecule is CCC(C)(C)C(=O)OC12CC3CC(CC(CC(=O)O)(C3)C1)C2. The van der Waals surface area contributed by atoms with Crippen molar-refractivity contribution >= 4 is 11.9 Å². The molecule has 0 radical (unpaired) electrons. The van der Waals surface area contributed by atoms with Crippen LogP contribution in [0.5, 0.6) is 0 Å². The molecule has 2 unspecified atom stereocenters. The van der Waals surface area contributed by atoms with Crippen LogP contribution in [0.2, 0.25) is 0 Å². The van der Waals surface area contributed by atoms with Gasteiger partial charge in [0.05, 0.1) is 11.8 Å².